The second-order valence-electron chi connectivity index (χ2n) is 5.29. The molecule has 0 atom stereocenters. The van der Waals surface area contributed by atoms with Crippen LogP contribution in [0.4, 0.5) is 0 Å². The van der Waals surface area contributed by atoms with Crippen LogP contribution in [0.1, 0.15) is 25.7 Å². The summed E-state index contributed by atoms with van der Waals surface area (Å²) in [5.74, 6) is 1.48. The van der Waals surface area contributed by atoms with Gasteiger partial charge in [-0.25, -0.2) is 0 Å². The van der Waals surface area contributed by atoms with E-state index < -0.39 is 0 Å². The van der Waals surface area contributed by atoms with Crippen molar-refractivity contribution in [3.05, 3.63) is 0 Å². The van der Waals surface area contributed by atoms with Crippen LogP contribution in [-0.2, 0) is 0 Å². The average Bonchev–Trinajstić information content (AvgIpc) is 3.11. The minimum atomic E-state index is 0. The van der Waals surface area contributed by atoms with E-state index in [0.717, 1.165) is 18.4 Å². The third-order valence-electron chi connectivity index (χ3n) is 3.81. The zero-order valence-corrected chi connectivity index (χ0v) is 13.3. The van der Waals surface area contributed by atoms with E-state index in [1.54, 1.807) is 0 Å². The molecule has 0 aromatic carbocycles. The molecule has 4 nitrogen and oxygen atoms in total. The maximum Gasteiger partial charge on any atom is 0.191 e. The Morgan fingerprint density at radius 2 is 1.88 bits per heavy atom. The fourth-order valence-corrected chi connectivity index (χ4v) is 2.23. The van der Waals surface area contributed by atoms with Crippen LogP contribution in [0.2, 0.25) is 0 Å². The van der Waals surface area contributed by atoms with Gasteiger partial charge in [-0.2, -0.15) is 0 Å². The van der Waals surface area contributed by atoms with E-state index in [0.29, 0.717) is 6.04 Å². The van der Waals surface area contributed by atoms with Crippen LogP contribution in [0.15, 0.2) is 4.99 Å². The topological polar surface area (TPSA) is 44.9 Å². The molecule has 0 unspecified atom stereocenters. The van der Waals surface area contributed by atoms with Gasteiger partial charge >= 0.3 is 0 Å². The number of hydrogen-bond donors (Lipinski definition) is 1. The molecular weight excluding hydrogens is 327 g/mol. The third kappa shape index (κ3) is 4.62. The zero-order valence-electron chi connectivity index (χ0n) is 10.9. The summed E-state index contributed by atoms with van der Waals surface area (Å²) in [7, 11) is 4.25. The number of halogens is 1. The van der Waals surface area contributed by atoms with Crippen LogP contribution in [0.25, 0.3) is 0 Å². The first-order chi connectivity index (χ1) is 7.66. The minimum Gasteiger partial charge on any atom is -0.370 e. The number of hydrogen-bond acceptors (Lipinski definition) is 2. The van der Waals surface area contributed by atoms with E-state index in [4.69, 9.17) is 5.73 Å². The van der Waals surface area contributed by atoms with Crippen LogP contribution in [0.5, 0.6) is 0 Å². The predicted molar refractivity (Wildman–Crippen MR) is 82.9 cm³/mol. The Morgan fingerprint density at radius 1 is 1.29 bits per heavy atom. The Kier molecular flexibility index (Phi) is 5.99. The largest absolute Gasteiger partial charge is 0.370 e. The lowest BCUT2D eigenvalue weighted by molar-refractivity contribution is 0.223. The van der Waals surface area contributed by atoms with Gasteiger partial charge in [0.05, 0.1) is 0 Å². The molecule has 1 saturated carbocycles. The Bertz CT molecular complexity index is 257. The molecule has 17 heavy (non-hydrogen) atoms. The first-order valence-electron chi connectivity index (χ1n) is 6.38. The Balaban J connectivity index is 0.00000144. The predicted octanol–water partition coefficient (Wildman–Crippen LogP) is 1.36. The molecule has 1 saturated heterocycles. The number of nitrogens with two attached hydrogens (primary N) is 1. The third-order valence-corrected chi connectivity index (χ3v) is 3.81. The van der Waals surface area contributed by atoms with Gasteiger partial charge < -0.3 is 15.5 Å². The highest BCUT2D eigenvalue weighted by Gasteiger charge is 2.27. The monoisotopic (exact) mass is 352 g/mol. The molecule has 1 heterocycles. The highest BCUT2D eigenvalue weighted by molar-refractivity contribution is 14.0. The zero-order chi connectivity index (χ0) is 11.5. The summed E-state index contributed by atoms with van der Waals surface area (Å²) in [6.45, 7) is 3.33. The Morgan fingerprint density at radius 3 is 2.41 bits per heavy atom. The summed E-state index contributed by atoms with van der Waals surface area (Å²) in [6.07, 6.45) is 5.09. The van der Waals surface area contributed by atoms with Gasteiger partial charge in [-0.15, -0.1) is 24.0 Å². The van der Waals surface area contributed by atoms with Gasteiger partial charge in [-0.1, -0.05) is 0 Å². The summed E-state index contributed by atoms with van der Waals surface area (Å²) < 4.78 is 0. The number of likely N-dealkylation sites (tertiary alicyclic amines) is 1. The first-order valence-corrected chi connectivity index (χ1v) is 6.38. The van der Waals surface area contributed by atoms with Crippen molar-refractivity contribution in [2.24, 2.45) is 16.6 Å². The molecule has 2 aliphatic rings. The number of guanidine groups is 1. The van der Waals surface area contributed by atoms with Gasteiger partial charge in [0.25, 0.3) is 0 Å². The molecule has 0 radical (unpaired) electrons. The SMILES string of the molecule is CN1CCC(CN=C(N)N(C)C2CC2)CC1.I. The molecule has 1 aliphatic carbocycles. The van der Waals surface area contributed by atoms with Crippen LogP contribution in [0.3, 0.4) is 0 Å². The maximum absolute atomic E-state index is 5.97. The van der Waals surface area contributed by atoms with Crippen molar-refractivity contribution in [3.63, 3.8) is 0 Å². The molecule has 0 bridgehead atoms. The fraction of sp³-hybridized carbons (Fsp3) is 0.917. The van der Waals surface area contributed by atoms with Gasteiger partial charge in [0, 0.05) is 19.6 Å². The molecule has 2 N–H and O–H groups in total. The molecule has 0 amide bonds. The number of rotatable bonds is 3. The lowest BCUT2D eigenvalue weighted by atomic mass is 9.97. The lowest BCUT2D eigenvalue weighted by Crippen LogP contribution is -2.37. The average molecular weight is 352 g/mol. The number of piperidine rings is 1. The Labute approximate surface area is 122 Å². The summed E-state index contributed by atoms with van der Waals surface area (Å²) in [5, 5.41) is 0. The maximum atomic E-state index is 5.97. The van der Waals surface area contributed by atoms with Crippen LogP contribution < -0.4 is 5.73 Å². The van der Waals surface area contributed by atoms with Gasteiger partial charge in [-0.05, 0) is 51.7 Å². The number of aliphatic imine (C=N–C) groups is 1. The molecule has 0 aromatic rings. The summed E-state index contributed by atoms with van der Waals surface area (Å²) in [6, 6.07) is 0.668. The standard InChI is InChI=1S/C12H24N4.HI/c1-15-7-5-10(6-8-15)9-14-12(13)16(2)11-3-4-11;/h10-11H,3-9H2,1-2H3,(H2,13,14);1H. The second-order valence-corrected chi connectivity index (χ2v) is 5.29. The van der Waals surface area contributed by atoms with Gasteiger partial charge in [0.15, 0.2) is 5.96 Å². The summed E-state index contributed by atoms with van der Waals surface area (Å²) in [4.78, 5) is 9.06. The molecule has 100 valence electrons. The smallest absolute Gasteiger partial charge is 0.191 e. The van der Waals surface area contributed by atoms with E-state index in [-0.39, 0.29) is 24.0 Å². The van der Waals surface area contributed by atoms with Crippen molar-refractivity contribution < 1.29 is 0 Å². The van der Waals surface area contributed by atoms with E-state index in [1.807, 2.05) is 0 Å². The lowest BCUT2D eigenvalue weighted by Gasteiger charge is -2.28. The molecule has 0 aromatic heterocycles. The summed E-state index contributed by atoms with van der Waals surface area (Å²) >= 11 is 0. The van der Waals surface area contributed by atoms with Crippen molar-refractivity contribution >= 4 is 29.9 Å². The van der Waals surface area contributed by atoms with Crippen LogP contribution >= 0.6 is 24.0 Å². The second kappa shape index (κ2) is 6.78. The van der Waals surface area contributed by atoms with Crippen molar-refractivity contribution in [1.29, 1.82) is 0 Å². The molecule has 2 fully saturated rings. The van der Waals surface area contributed by atoms with Gasteiger partial charge in [0.1, 0.15) is 0 Å². The minimum absolute atomic E-state index is 0. The molecular formula is C12H25IN4. The van der Waals surface area contributed by atoms with E-state index in [2.05, 4.69) is 28.9 Å². The first kappa shape index (κ1) is 15.0. The highest BCUT2D eigenvalue weighted by Crippen LogP contribution is 2.25. The molecule has 5 heteroatoms. The quantitative estimate of drug-likeness (QED) is 0.474. The van der Waals surface area contributed by atoms with E-state index in [9.17, 15) is 0 Å². The van der Waals surface area contributed by atoms with Crippen molar-refractivity contribution in [2.75, 3.05) is 33.7 Å². The number of nitrogens with zero attached hydrogens (tertiary/aromatic N) is 3. The molecule has 1 aliphatic heterocycles. The van der Waals surface area contributed by atoms with Crippen molar-refractivity contribution in [1.82, 2.24) is 9.80 Å². The molecule has 2 rings (SSSR count). The van der Waals surface area contributed by atoms with Crippen LogP contribution in [-0.4, -0.2) is 55.5 Å². The summed E-state index contributed by atoms with van der Waals surface area (Å²) in [5.41, 5.74) is 5.97. The van der Waals surface area contributed by atoms with Crippen molar-refractivity contribution in [2.45, 2.75) is 31.7 Å². The molecule has 0 spiro atoms. The van der Waals surface area contributed by atoms with Gasteiger partial charge in [0.2, 0.25) is 0 Å². The van der Waals surface area contributed by atoms with Crippen molar-refractivity contribution in [3.8, 4) is 0 Å². The Hall–Kier alpha value is -0.0400. The fourth-order valence-electron chi connectivity index (χ4n) is 2.23. The van der Waals surface area contributed by atoms with E-state index in [1.165, 1.54) is 38.8 Å². The van der Waals surface area contributed by atoms with E-state index >= 15 is 0 Å². The highest BCUT2D eigenvalue weighted by atomic mass is 127. The normalized spacial score (nSPS) is 23.3. The van der Waals surface area contributed by atoms with Crippen LogP contribution in [0, 0.1) is 5.92 Å². The van der Waals surface area contributed by atoms with Gasteiger partial charge in [-0.3, -0.25) is 4.99 Å².